The molecule has 1 aromatic heterocycles. The third-order valence-corrected chi connectivity index (χ3v) is 6.91. The van der Waals surface area contributed by atoms with E-state index in [-0.39, 0.29) is 22.5 Å². The van der Waals surface area contributed by atoms with Crippen molar-refractivity contribution >= 4 is 44.8 Å². The molecule has 0 aliphatic carbocycles. The van der Waals surface area contributed by atoms with Gasteiger partial charge in [0.25, 0.3) is 0 Å². The number of nitrogens with zero attached hydrogens (tertiary/aromatic N) is 2. The number of hydrogen-bond acceptors (Lipinski definition) is 4. The molecule has 1 heterocycles. The van der Waals surface area contributed by atoms with Crippen molar-refractivity contribution in [3.8, 4) is 0 Å². The second-order valence-corrected chi connectivity index (χ2v) is 11.0. The van der Waals surface area contributed by atoms with Gasteiger partial charge in [-0.1, -0.05) is 73.8 Å². The van der Waals surface area contributed by atoms with Gasteiger partial charge in [0.2, 0.25) is 10.0 Å². The summed E-state index contributed by atoms with van der Waals surface area (Å²) >= 11 is 18.6. The van der Waals surface area contributed by atoms with Crippen molar-refractivity contribution in [1.29, 1.82) is 0 Å². The first-order chi connectivity index (χ1) is 14.4. The number of rotatable bonds is 6. The molecule has 0 aliphatic rings. The first-order valence-corrected chi connectivity index (χ1v) is 12.0. The third-order valence-electron chi connectivity index (χ3n) is 4.59. The van der Waals surface area contributed by atoms with Crippen LogP contribution in [0.1, 0.15) is 44.0 Å². The maximum absolute atomic E-state index is 12.7. The van der Waals surface area contributed by atoms with E-state index in [2.05, 4.69) is 9.82 Å². The van der Waals surface area contributed by atoms with E-state index in [0.717, 1.165) is 0 Å². The highest BCUT2D eigenvalue weighted by Gasteiger charge is 2.27. The molecule has 2 aromatic carbocycles. The van der Waals surface area contributed by atoms with E-state index in [4.69, 9.17) is 34.8 Å². The third kappa shape index (κ3) is 5.61. The van der Waals surface area contributed by atoms with E-state index in [1.807, 2.05) is 20.8 Å². The van der Waals surface area contributed by atoms with Gasteiger partial charge in [0.05, 0.1) is 22.8 Å². The largest absolute Gasteiger partial charge is 0.372 e. The molecule has 0 saturated carbocycles. The lowest BCUT2D eigenvalue weighted by atomic mass is 9.92. The van der Waals surface area contributed by atoms with Gasteiger partial charge in [-0.05, 0) is 30.3 Å². The number of halogens is 3. The predicted octanol–water partition coefficient (Wildman–Crippen LogP) is 5.16. The number of nitrogens with one attached hydrogen (secondary N) is 1. The highest BCUT2D eigenvalue weighted by Crippen LogP contribution is 2.31. The van der Waals surface area contributed by atoms with Crippen molar-refractivity contribution in [3.63, 3.8) is 0 Å². The first-order valence-electron chi connectivity index (χ1n) is 9.35. The topological polar surface area (TPSA) is 84.2 Å². The average molecular weight is 503 g/mol. The molecule has 1 unspecified atom stereocenters. The van der Waals surface area contributed by atoms with Gasteiger partial charge in [-0.15, -0.1) is 0 Å². The normalized spacial score (nSPS) is 13.4. The van der Waals surface area contributed by atoms with Gasteiger partial charge in [-0.3, -0.25) is 4.68 Å². The van der Waals surface area contributed by atoms with E-state index in [1.54, 1.807) is 36.4 Å². The van der Waals surface area contributed by atoms with Crippen molar-refractivity contribution < 1.29 is 13.5 Å². The van der Waals surface area contributed by atoms with Crippen molar-refractivity contribution in [2.24, 2.45) is 0 Å². The van der Waals surface area contributed by atoms with Crippen LogP contribution < -0.4 is 4.72 Å². The highest BCUT2D eigenvalue weighted by molar-refractivity contribution is 7.89. The van der Waals surface area contributed by atoms with Crippen LogP contribution in [0.2, 0.25) is 15.1 Å². The molecule has 0 fully saturated rings. The zero-order valence-electron chi connectivity index (χ0n) is 17.1. The van der Waals surface area contributed by atoms with Gasteiger partial charge in [-0.25, -0.2) is 8.42 Å². The Morgan fingerprint density at radius 2 is 1.65 bits per heavy atom. The predicted molar refractivity (Wildman–Crippen MR) is 123 cm³/mol. The number of benzene rings is 2. The lowest BCUT2D eigenvalue weighted by molar-refractivity contribution is 0.156. The Kier molecular flexibility index (Phi) is 7.05. The first kappa shape index (κ1) is 24.0. The second kappa shape index (κ2) is 9.10. The molecule has 3 aromatic rings. The summed E-state index contributed by atoms with van der Waals surface area (Å²) in [5, 5.41) is 16.5. The Morgan fingerprint density at radius 1 is 1.06 bits per heavy atom. The number of hydrogen-bond donors (Lipinski definition) is 2. The quantitative estimate of drug-likeness (QED) is 0.456. The molecule has 0 spiro atoms. The van der Waals surface area contributed by atoms with Crippen LogP contribution in [-0.4, -0.2) is 23.3 Å². The number of sulfonamides is 1. The Balaban J connectivity index is 2.01. The standard InChI is InChI=1S/C21H22Cl3N3O3S/c1-21(2,3)19-11-18(20(28)26-31(29,30)14-7-5-4-6-8-14)27(25-19)12-15-16(23)9-13(22)10-17(15)24/h4-11,20,26,28H,12H2,1-3H3. The van der Waals surface area contributed by atoms with E-state index in [1.165, 1.54) is 16.8 Å². The minimum absolute atomic E-state index is 0.0416. The molecule has 0 amide bonds. The Bertz CT molecular complexity index is 1170. The van der Waals surface area contributed by atoms with Gasteiger partial charge in [0, 0.05) is 26.0 Å². The molecule has 3 rings (SSSR count). The van der Waals surface area contributed by atoms with Crippen LogP contribution in [-0.2, 0) is 22.0 Å². The average Bonchev–Trinajstić information content (AvgIpc) is 3.09. The molecule has 10 heteroatoms. The summed E-state index contributed by atoms with van der Waals surface area (Å²) in [6, 6.07) is 12.6. The maximum Gasteiger partial charge on any atom is 0.243 e. The van der Waals surface area contributed by atoms with Crippen LogP contribution in [0.3, 0.4) is 0 Å². The fraction of sp³-hybridized carbons (Fsp3) is 0.286. The molecule has 0 bridgehead atoms. The van der Waals surface area contributed by atoms with Crippen LogP contribution >= 0.6 is 34.8 Å². The summed E-state index contributed by atoms with van der Waals surface area (Å²) < 4.78 is 29.1. The van der Waals surface area contributed by atoms with Crippen molar-refractivity contribution in [3.05, 3.63) is 80.6 Å². The molecule has 0 saturated heterocycles. The Hall–Kier alpha value is -1.61. The van der Waals surface area contributed by atoms with E-state index >= 15 is 0 Å². The molecule has 6 nitrogen and oxygen atoms in total. The van der Waals surface area contributed by atoms with Crippen molar-refractivity contribution in [1.82, 2.24) is 14.5 Å². The molecule has 0 aliphatic heterocycles. The van der Waals surface area contributed by atoms with Gasteiger partial charge in [0.15, 0.2) is 6.23 Å². The van der Waals surface area contributed by atoms with Gasteiger partial charge >= 0.3 is 0 Å². The lowest BCUT2D eigenvalue weighted by Crippen LogP contribution is -2.30. The van der Waals surface area contributed by atoms with Gasteiger partial charge in [-0.2, -0.15) is 9.82 Å². The zero-order valence-corrected chi connectivity index (χ0v) is 20.2. The highest BCUT2D eigenvalue weighted by atomic mass is 35.5. The number of aliphatic hydroxyl groups is 1. The minimum Gasteiger partial charge on any atom is -0.372 e. The molecule has 166 valence electrons. The van der Waals surface area contributed by atoms with E-state index in [9.17, 15) is 13.5 Å². The van der Waals surface area contributed by atoms with Gasteiger partial charge in [0.1, 0.15) is 0 Å². The number of aliphatic hydroxyl groups excluding tert-OH is 1. The van der Waals surface area contributed by atoms with E-state index < -0.39 is 16.3 Å². The number of aromatic nitrogens is 2. The molecular formula is C21H22Cl3N3O3S. The Labute approximate surface area is 196 Å². The Morgan fingerprint density at radius 3 is 2.19 bits per heavy atom. The van der Waals surface area contributed by atoms with Gasteiger partial charge < -0.3 is 5.11 Å². The fourth-order valence-corrected chi connectivity index (χ4v) is 4.90. The fourth-order valence-electron chi connectivity index (χ4n) is 2.89. The van der Waals surface area contributed by atoms with Crippen LogP contribution in [0, 0.1) is 0 Å². The van der Waals surface area contributed by atoms with Crippen LogP contribution in [0.25, 0.3) is 0 Å². The monoisotopic (exact) mass is 501 g/mol. The lowest BCUT2D eigenvalue weighted by Gasteiger charge is -2.16. The zero-order chi connectivity index (χ0) is 23.0. The molecule has 2 N–H and O–H groups in total. The summed E-state index contributed by atoms with van der Waals surface area (Å²) in [5.74, 6) is 0. The second-order valence-electron chi connectivity index (χ2n) is 8.05. The van der Waals surface area contributed by atoms with Crippen LogP contribution in [0.5, 0.6) is 0 Å². The molecule has 1 atom stereocenters. The summed E-state index contributed by atoms with van der Waals surface area (Å²) in [5.41, 5.74) is 1.13. The van der Waals surface area contributed by atoms with Crippen molar-refractivity contribution in [2.45, 2.75) is 43.9 Å². The maximum atomic E-state index is 12.7. The molecular weight excluding hydrogens is 481 g/mol. The summed E-state index contributed by atoms with van der Waals surface area (Å²) in [4.78, 5) is 0.0416. The van der Waals surface area contributed by atoms with E-state index in [0.29, 0.717) is 26.3 Å². The SMILES string of the molecule is CC(C)(C)c1cc(C(O)NS(=O)(=O)c2ccccc2)n(Cc2c(Cl)cc(Cl)cc2Cl)n1. The minimum atomic E-state index is -3.96. The molecule has 31 heavy (non-hydrogen) atoms. The smallest absolute Gasteiger partial charge is 0.243 e. The van der Waals surface area contributed by atoms with Crippen molar-refractivity contribution in [2.75, 3.05) is 0 Å². The van der Waals surface area contributed by atoms with Crippen LogP contribution in [0.4, 0.5) is 0 Å². The van der Waals surface area contributed by atoms with Crippen LogP contribution in [0.15, 0.2) is 53.4 Å². The summed E-state index contributed by atoms with van der Waals surface area (Å²) in [6.45, 7) is 6.01. The molecule has 0 radical (unpaired) electrons. The summed E-state index contributed by atoms with van der Waals surface area (Å²) in [6.07, 6.45) is -1.54. The summed E-state index contributed by atoms with van der Waals surface area (Å²) in [7, 11) is -3.96.